The first-order valence-electron chi connectivity index (χ1n) is 8.44. The van der Waals surface area contributed by atoms with Crippen molar-refractivity contribution in [2.24, 2.45) is 0 Å². The second-order valence-electron chi connectivity index (χ2n) is 6.14. The molecule has 0 aliphatic heterocycles. The minimum Gasteiger partial charge on any atom is -0.336 e. The van der Waals surface area contributed by atoms with Crippen molar-refractivity contribution in [2.45, 2.75) is 6.92 Å². The number of aromatic nitrogens is 4. The highest BCUT2D eigenvalue weighted by atomic mass is 32.1. The van der Waals surface area contributed by atoms with Crippen molar-refractivity contribution in [1.29, 1.82) is 0 Å². The van der Waals surface area contributed by atoms with E-state index in [9.17, 15) is 0 Å². The van der Waals surface area contributed by atoms with Gasteiger partial charge in [0.2, 0.25) is 0 Å². The Bertz CT molecular complexity index is 1130. The van der Waals surface area contributed by atoms with Crippen LogP contribution >= 0.6 is 11.3 Å². The van der Waals surface area contributed by atoms with Crippen LogP contribution in [-0.2, 0) is 0 Å². The molecule has 0 saturated heterocycles. The van der Waals surface area contributed by atoms with Crippen LogP contribution in [0.5, 0.6) is 0 Å². The van der Waals surface area contributed by atoms with Crippen molar-refractivity contribution in [3.63, 3.8) is 0 Å². The first-order valence-corrected chi connectivity index (χ1v) is 9.32. The van der Waals surface area contributed by atoms with Crippen LogP contribution in [0.15, 0.2) is 72.2 Å². The number of imidazole rings is 2. The highest BCUT2D eigenvalue weighted by Gasteiger charge is 2.19. The van der Waals surface area contributed by atoms with Gasteiger partial charge in [-0.1, -0.05) is 60.7 Å². The molecule has 5 heteroatoms. The van der Waals surface area contributed by atoms with Crippen LogP contribution in [0.1, 0.15) is 5.69 Å². The van der Waals surface area contributed by atoms with Gasteiger partial charge in [0, 0.05) is 22.7 Å². The summed E-state index contributed by atoms with van der Waals surface area (Å²) in [7, 11) is 0. The highest BCUT2D eigenvalue weighted by Crippen LogP contribution is 2.34. The molecule has 0 bridgehead atoms. The molecule has 0 radical (unpaired) electrons. The fraction of sp³-hybridized carbons (Fsp3) is 0.0476. The van der Waals surface area contributed by atoms with Gasteiger partial charge >= 0.3 is 0 Å². The van der Waals surface area contributed by atoms with Gasteiger partial charge < -0.3 is 4.98 Å². The average molecular weight is 356 g/mol. The summed E-state index contributed by atoms with van der Waals surface area (Å²) in [6.45, 7) is 2.03. The third kappa shape index (κ3) is 2.36. The van der Waals surface area contributed by atoms with E-state index in [0.717, 1.165) is 44.7 Å². The molecule has 0 saturated carbocycles. The predicted molar refractivity (Wildman–Crippen MR) is 106 cm³/mol. The topological polar surface area (TPSA) is 46.0 Å². The fourth-order valence-electron chi connectivity index (χ4n) is 3.28. The van der Waals surface area contributed by atoms with Crippen molar-refractivity contribution in [1.82, 2.24) is 19.4 Å². The van der Waals surface area contributed by atoms with Gasteiger partial charge in [-0.15, -0.1) is 11.3 Å². The monoisotopic (exact) mass is 356 g/mol. The second kappa shape index (κ2) is 5.97. The zero-order valence-corrected chi connectivity index (χ0v) is 15.0. The maximum atomic E-state index is 4.98. The first kappa shape index (κ1) is 15.1. The van der Waals surface area contributed by atoms with E-state index in [0.29, 0.717) is 0 Å². The summed E-state index contributed by atoms with van der Waals surface area (Å²) in [4.78, 5) is 14.2. The Morgan fingerprint density at radius 2 is 1.58 bits per heavy atom. The average Bonchev–Trinajstić information content (AvgIpc) is 3.37. The zero-order chi connectivity index (χ0) is 17.5. The summed E-state index contributed by atoms with van der Waals surface area (Å²) in [5.41, 5.74) is 6.18. The number of aromatic amines is 1. The van der Waals surface area contributed by atoms with Crippen LogP contribution in [0.2, 0.25) is 0 Å². The number of fused-ring (bicyclic) bond motifs is 1. The quantitative estimate of drug-likeness (QED) is 0.468. The van der Waals surface area contributed by atoms with Gasteiger partial charge in [-0.05, 0) is 6.92 Å². The molecule has 3 heterocycles. The second-order valence-corrected chi connectivity index (χ2v) is 7.02. The maximum Gasteiger partial charge on any atom is 0.194 e. The Hall–Kier alpha value is -3.18. The lowest BCUT2D eigenvalue weighted by Gasteiger charge is -2.02. The number of nitrogens with one attached hydrogen (secondary N) is 1. The molecule has 0 unspecified atom stereocenters. The Balaban J connectivity index is 1.77. The van der Waals surface area contributed by atoms with Crippen molar-refractivity contribution in [3.8, 4) is 34.0 Å². The van der Waals surface area contributed by atoms with Gasteiger partial charge in [0.25, 0.3) is 0 Å². The van der Waals surface area contributed by atoms with Crippen molar-refractivity contribution >= 4 is 16.3 Å². The smallest absolute Gasteiger partial charge is 0.194 e. The van der Waals surface area contributed by atoms with E-state index in [1.165, 1.54) is 0 Å². The van der Waals surface area contributed by atoms with Crippen LogP contribution in [0.4, 0.5) is 0 Å². The summed E-state index contributed by atoms with van der Waals surface area (Å²) in [5, 5.41) is 2.05. The van der Waals surface area contributed by atoms with E-state index in [-0.39, 0.29) is 0 Å². The Labute approximate surface area is 154 Å². The Morgan fingerprint density at radius 3 is 2.31 bits per heavy atom. The molecule has 5 aromatic rings. The molecule has 3 aromatic heterocycles. The van der Waals surface area contributed by atoms with E-state index in [2.05, 4.69) is 38.6 Å². The van der Waals surface area contributed by atoms with Gasteiger partial charge in [-0.3, -0.25) is 4.40 Å². The summed E-state index contributed by atoms with van der Waals surface area (Å²) >= 11 is 1.63. The minimum atomic E-state index is 0.839. The molecule has 0 aliphatic rings. The van der Waals surface area contributed by atoms with E-state index in [1.807, 2.05) is 54.9 Å². The fourth-order valence-corrected chi connectivity index (χ4v) is 4.04. The van der Waals surface area contributed by atoms with Crippen LogP contribution in [0, 0.1) is 6.92 Å². The minimum absolute atomic E-state index is 0.839. The van der Waals surface area contributed by atoms with E-state index in [1.54, 1.807) is 11.3 Å². The number of hydrogen-bond acceptors (Lipinski definition) is 3. The van der Waals surface area contributed by atoms with E-state index in [4.69, 9.17) is 4.98 Å². The number of thiazole rings is 1. The zero-order valence-electron chi connectivity index (χ0n) is 14.2. The third-order valence-corrected chi connectivity index (χ3v) is 5.23. The molecule has 0 amide bonds. The largest absolute Gasteiger partial charge is 0.336 e. The number of benzene rings is 2. The first-order chi connectivity index (χ1) is 12.8. The number of hydrogen-bond donors (Lipinski definition) is 1. The number of H-pyrrole nitrogens is 1. The molecule has 0 aliphatic carbocycles. The summed E-state index contributed by atoms with van der Waals surface area (Å²) in [6, 6.07) is 20.6. The van der Waals surface area contributed by atoms with E-state index < -0.39 is 0 Å². The maximum absolute atomic E-state index is 4.98. The summed E-state index contributed by atoms with van der Waals surface area (Å²) in [6.07, 6.45) is 2.04. The van der Waals surface area contributed by atoms with Crippen molar-refractivity contribution < 1.29 is 0 Å². The van der Waals surface area contributed by atoms with Gasteiger partial charge in [0.1, 0.15) is 5.69 Å². The molecule has 2 aromatic carbocycles. The predicted octanol–water partition coefficient (Wildman–Crippen LogP) is 5.43. The molecule has 0 fully saturated rings. The number of rotatable bonds is 3. The molecule has 26 heavy (non-hydrogen) atoms. The summed E-state index contributed by atoms with van der Waals surface area (Å²) in [5.74, 6) is 0.839. The van der Waals surface area contributed by atoms with Crippen molar-refractivity contribution in [3.05, 3.63) is 77.9 Å². The van der Waals surface area contributed by atoms with E-state index >= 15 is 0 Å². The Kier molecular flexibility index (Phi) is 3.47. The molecule has 4 nitrogen and oxygen atoms in total. The third-order valence-electron chi connectivity index (χ3n) is 4.47. The standard InChI is InChI=1S/C21H16N4S/c1-14-19(25-12-13-26-21(25)22-14)20-23-17(15-8-4-2-5-9-15)18(24-20)16-10-6-3-7-11-16/h2-13H,1H3,(H,23,24). The van der Waals surface area contributed by atoms with Gasteiger partial charge in [0.05, 0.1) is 17.1 Å². The molecule has 0 atom stereocenters. The molecule has 5 rings (SSSR count). The summed E-state index contributed by atoms with van der Waals surface area (Å²) < 4.78 is 2.10. The molecular formula is C21H16N4S. The SMILES string of the molecule is Cc1nc2sccn2c1-c1nc(-c2ccccc2)c(-c2ccccc2)[nH]1. The van der Waals surface area contributed by atoms with Crippen LogP contribution < -0.4 is 0 Å². The lowest BCUT2D eigenvalue weighted by atomic mass is 10.1. The normalized spacial score (nSPS) is 11.3. The molecule has 126 valence electrons. The van der Waals surface area contributed by atoms with Crippen LogP contribution in [0.25, 0.3) is 39.0 Å². The van der Waals surface area contributed by atoms with Gasteiger partial charge in [-0.25, -0.2) is 9.97 Å². The lowest BCUT2D eigenvalue weighted by molar-refractivity contribution is 1.16. The van der Waals surface area contributed by atoms with Crippen LogP contribution in [-0.4, -0.2) is 19.4 Å². The molecule has 1 N–H and O–H groups in total. The number of aryl methyl sites for hydroxylation is 1. The lowest BCUT2D eigenvalue weighted by Crippen LogP contribution is -1.88. The van der Waals surface area contributed by atoms with Gasteiger partial charge in [0.15, 0.2) is 10.8 Å². The molecular weight excluding hydrogens is 340 g/mol. The molecule has 0 spiro atoms. The van der Waals surface area contributed by atoms with Crippen LogP contribution in [0.3, 0.4) is 0 Å². The Morgan fingerprint density at radius 1 is 0.885 bits per heavy atom. The van der Waals surface area contributed by atoms with Crippen molar-refractivity contribution in [2.75, 3.05) is 0 Å². The van der Waals surface area contributed by atoms with Gasteiger partial charge in [-0.2, -0.15) is 0 Å². The highest BCUT2D eigenvalue weighted by molar-refractivity contribution is 7.15. The number of nitrogens with zero attached hydrogens (tertiary/aromatic N) is 3.